The van der Waals surface area contributed by atoms with Gasteiger partial charge in [0.1, 0.15) is 6.61 Å². The number of carbonyl (C=O) groups is 1. The number of nitrogens with zero attached hydrogens (tertiary/aromatic N) is 2. The average Bonchev–Trinajstić information content (AvgIpc) is 3.23. The van der Waals surface area contributed by atoms with E-state index >= 15 is 0 Å². The van der Waals surface area contributed by atoms with E-state index in [1.807, 2.05) is 84.9 Å². The quantitative estimate of drug-likeness (QED) is 0.213. The summed E-state index contributed by atoms with van der Waals surface area (Å²) < 4.78 is 11.8. The van der Waals surface area contributed by atoms with E-state index in [-0.39, 0.29) is 12.5 Å². The third-order valence-corrected chi connectivity index (χ3v) is 7.26. The molecule has 1 saturated heterocycles. The highest BCUT2D eigenvalue weighted by Gasteiger charge is 2.35. The highest BCUT2D eigenvalue weighted by molar-refractivity contribution is 8.19. The Bertz CT molecular complexity index is 1530. The van der Waals surface area contributed by atoms with Crippen LogP contribution in [0.5, 0.6) is 11.5 Å². The van der Waals surface area contributed by atoms with Gasteiger partial charge >= 0.3 is 0 Å². The van der Waals surface area contributed by atoms with Gasteiger partial charge in [0.05, 0.1) is 23.4 Å². The number of carbonyl (C=O) groups excluding carboxylic acids is 1. The summed E-state index contributed by atoms with van der Waals surface area (Å²) in [6.45, 7) is 0.199. The van der Waals surface area contributed by atoms with Gasteiger partial charge in [-0.05, 0) is 60.3 Å². The lowest BCUT2D eigenvalue weighted by molar-refractivity contribution is -0.113. The van der Waals surface area contributed by atoms with Gasteiger partial charge in [0.15, 0.2) is 16.7 Å². The first kappa shape index (κ1) is 25.9. The molecule has 0 radical (unpaired) electrons. The monoisotopic (exact) mass is 560 g/mol. The minimum Gasteiger partial charge on any atom is -0.493 e. The van der Waals surface area contributed by atoms with E-state index in [1.54, 1.807) is 30.2 Å². The summed E-state index contributed by atoms with van der Waals surface area (Å²) in [5.41, 5.74) is 2.97. The molecule has 38 heavy (non-hydrogen) atoms. The molecule has 0 saturated carbocycles. The van der Waals surface area contributed by atoms with E-state index in [0.717, 1.165) is 16.9 Å². The molecule has 1 amide bonds. The van der Waals surface area contributed by atoms with Gasteiger partial charge in [0.25, 0.3) is 5.91 Å². The zero-order valence-corrected chi connectivity index (χ0v) is 22.6. The number of aliphatic imine (C=N–C) groups is 1. The molecule has 1 fully saturated rings. The number of thioether (sulfide) groups is 1. The smallest absolute Gasteiger partial charge is 0.271 e. The second kappa shape index (κ2) is 11.8. The molecule has 1 heterocycles. The minimum atomic E-state index is -0.176. The van der Waals surface area contributed by atoms with Gasteiger partial charge in [0.2, 0.25) is 0 Å². The first-order valence-corrected chi connectivity index (χ1v) is 13.3. The Balaban J connectivity index is 1.52. The summed E-state index contributed by atoms with van der Waals surface area (Å²) in [5.74, 6) is 0.866. The molecule has 0 atom stereocenters. The van der Waals surface area contributed by atoms with Gasteiger partial charge < -0.3 is 9.47 Å². The van der Waals surface area contributed by atoms with E-state index < -0.39 is 0 Å². The van der Waals surface area contributed by atoms with Crippen LogP contribution in [0.3, 0.4) is 0 Å². The van der Waals surface area contributed by atoms with Gasteiger partial charge in [-0.25, -0.2) is 4.99 Å². The summed E-state index contributed by atoms with van der Waals surface area (Å²) in [4.78, 5) is 20.6. The molecule has 4 aromatic rings. The van der Waals surface area contributed by atoms with Crippen molar-refractivity contribution in [1.29, 1.82) is 0 Å². The largest absolute Gasteiger partial charge is 0.493 e. The molecule has 190 valence electrons. The number of para-hydroxylation sites is 3. The van der Waals surface area contributed by atoms with Gasteiger partial charge in [-0.3, -0.25) is 9.69 Å². The molecule has 8 heteroatoms. The van der Waals surface area contributed by atoms with Crippen LogP contribution in [0.25, 0.3) is 6.08 Å². The molecule has 1 aliphatic rings. The number of ether oxygens (including phenoxy) is 2. The lowest BCUT2D eigenvalue weighted by Crippen LogP contribution is -2.28. The molecule has 0 bridgehead atoms. The summed E-state index contributed by atoms with van der Waals surface area (Å²) in [7, 11) is 1.58. The zero-order chi connectivity index (χ0) is 26.5. The zero-order valence-electron chi connectivity index (χ0n) is 20.3. The Morgan fingerprint density at radius 3 is 2.37 bits per heavy atom. The van der Waals surface area contributed by atoms with Gasteiger partial charge in [-0.2, -0.15) is 0 Å². The summed E-state index contributed by atoms with van der Waals surface area (Å²) in [6.07, 6.45) is 1.80. The van der Waals surface area contributed by atoms with Gasteiger partial charge in [-0.1, -0.05) is 77.8 Å². The van der Waals surface area contributed by atoms with E-state index in [0.29, 0.717) is 37.2 Å². The lowest BCUT2D eigenvalue weighted by Gasteiger charge is -2.15. The van der Waals surface area contributed by atoms with Crippen molar-refractivity contribution >= 4 is 63.5 Å². The maximum absolute atomic E-state index is 13.7. The minimum absolute atomic E-state index is 0.176. The number of anilines is 1. The van der Waals surface area contributed by atoms with E-state index in [2.05, 4.69) is 0 Å². The molecular weight excluding hydrogens is 539 g/mol. The molecule has 5 rings (SSSR count). The fraction of sp³-hybridized carbons (Fsp3) is 0.0667. The molecule has 4 aromatic carbocycles. The number of hydrogen-bond acceptors (Lipinski definition) is 5. The van der Waals surface area contributed by atoms with Crippen LogP contribution in [0.4, 0.5) is 11.4 Å². The standard InChI is InChI=1S/C30H22Cl2N2O3S/c1-36-26-14-8-9-20(28(26)37-19-21-15-16-22(31)18-25(21)32)17-27-29(35)34(24-12-6-3-7-13-24)30(38-27)33-23-10-4-2-5-11-23/h2-18H,19H2,1H3/b27-17-,33-30?. The Morgan fingerprint density at radius 1 is 0.921 bits per heavy atom. The molecule has 5 nitrogen and oxygen atoms in total. The predicted octanol–water partition coefficient (Wildman–Crippen LogP) is 8.39. The van der Waals surface area contributed by atoms with Crippen LogP contribution in [0.15, 0.2) is 107 Å². The van der Waals surface area contributed by atoms with Crippen LogP contribution >= 0.6 is 35.0 Å². The normalized spacial score (nSPS) is 15.3. The van der Waals surface area contributed by atoms with Gasteiger partial charge in [0, 0.05) is 21.2 Å². The van der Waals surface area contributed by atoms with Gasteiger partial charge in [-0.15, -0.1) is 0 Å². The van der Waals surface area contributed by atoms with Crippen LogP contribution < -0.4 is 14.4 Å². The second-order valence-corrected chi connectivity index (χ2v) is 10.1. The highest BCUT2D eigenvalue weighted by Crippen LogP contribution is 2.40. The second-order valence-electron chi connectivity index (χ2n) is 8.22. The molecule has 0 aromatic heterocycles. The topological polar surface area (TPSA) is 51.1 Å². The van der Waals surface area contributed by atoms with Crippen molar-refractivity contribution in [2.75, 3.05) is 12.0 Å². The molecule has 0 spiro atoms. The number of amides is 1. The first-order chi connectivity index (χ1) is 18.5. The maximum Gasteiger partial charge on any atom is 0.271 e. The van der Waals surface area contributed by atoms with Crippen molar-refractivity contribution in [1.82, 2.24) is 0 Å². The van der Waals surface area contributed by atoms with Crippen LogP contribution in [0.1, 0.15) is 11.1 Å². The lowest BCUT2D eigenvalue weighted by atomic mass is 10.1. The van der Waals surface area contributed by atoms with Crippen LogP contribution in [-0.2, 0) is 11.4 Å². The van der Waals surface area contributed by atoms with Crippen LogP contribution in [0, 0.1) is 0 Å². The van der Waals surface area contributed by atoms with Crippen LogP contribution in [0.2, 0.25) is 10.0 Å². The number of hydrogen-bond donors (Lipinski definition) is 0. The van der Waals surface area contributed by atoms with Crippen molar-refractivity contribution in [3.8, 4) is 11.5 Å². The average molecular weight is 561 g/mol. The molecule has 1 aliphatic heterocycles. The summed E-state index contributed by atoms with van der Waals surface area (Å²) >= 11 is 13.7. The molecule has 0 unspecified atom stereocenters. The summed E-state index contributed by atoms with van der Waals surface area (Å²) in [6, 6.07) is 29.8. The SMILES string of the molecule is COc1cccc(/C=C2\SC(=Nc3ccccc3)N(c3ccccc3)C2=O)c1OCc1ccc(Cl)cc1Cl. The van der Waals surface area contributed by atoms with Crippen LogP contribution in [-0.4, -0.2) is 18.2 Å². The van der Waals surface area contributed by atoms with Crippen molar-refractivity contribution in [3.05, 3.63) is 123 Å². The van der Waals surface area contributed by atoms with Crippen molar-refractivity contribution in [3.63, 3.8) is 0 Å². The Labute approximate surface area is 235 Å². The third kappa shape index (κ3) is 5.73. The first-order valence-electron chi connectivity index (χ1n) is 11.7. The van der Waals surface area contributed by atoms with Crippen molar-refractivity contribution in [2.24, 2.45) is 4.99 Å². The van der Waals surface area contributed by atoms with Crippen molar-refractivity contribution < 1.29 is 14.3 Å². The number of methoxy groups -OCH3 is 1. The van der Waals surface area contributed by atoms with E-state index in [1.165, 1.54) is 11.8 Å². The number of halogens is 2. The third-order valence-electron chi connectivity index (χ3n) is 5.70. The number of rotatable bonds is 7. The molecule has 0 aliphatic carbocycles. The van der Waals surface area contributed by atoms with E-state index in [4.69, 9.17) is 37.7 Å². The molecular formula is C30H22Cl2N2O3S. The Kier molecular flexibility index (Phi) is 8.03. The molecule has 0 N–H and O–H groups in total. The highest BCUT2D eigenvalue weighted by atomic mass is 35.5. The Hall–Kier alpha value is -3.71. The predicted molar refractivity (Wildman–Crippen MR) is 157 cm³/mol. The van der Waals surface area contributed by atoms with E-state index in [9.17, 15) is 4.79 Å². The fourth-order valence-electron chi connectivity index (χ4n) is 3.86. The fourth-order valence-corrected chi connectivity index (χ4v) is 5.31. The number of amidine groups is 1. The van der Waals surface area contributed by atoms with Crippen molar-refractivity contribution in [2.45, 2.75) is 6.61 Å². The Morgan fingerprint density at radius 2 is 1.66 bits per heavy atom. The summed E-state index contributed by atoms with van der Waals surface area (Å²) in [5, 5.41) is 1.63. The number of benzene rings is 4. The maximum atomic E-state index is 13.7.